The predicted octanol–water partition coefficient (Wildman–Crippen LogP) is 2.95. The van der Waals surface area contributed by atoms with Crippen molar-refractivity contribution in [1.82, 2.24) is 9.97 Å². The highest BCUT2D eigenvalue weighted by Crippen LogP contribution is 2.30. The van der Waals surface area contributed by atoms with E-state index < -0.39 is 0 Å². The minimum absolute atomic E-state index is 0.408. The molecule has 0 atom stereocenters. The van der Waals surface area contributed by atoms with Gasteiger partial charge >= 0.3 is 0 Å². The number of hydrogen-bond donors (Lipinski definition) is 2. The van der Waals surface area contributed by atoms with E-state index in [4.69, 9.17) is 15.2 Å². The first-order chi connectivity index (χ1) is 9.26. The van der Waals surface area contributed by atoms with Crippen LogP contribution in [-0.2, 0) is 0 Å². The van der Waals surface area contributed by atoms with Gasteiger partial charge in [-0.25, -0.2) is 0 Å². The van der Waals surface area contributed by atoms with Gasteiger partial charge in [-0.05, 0) is 30.3 Å². The number of aromatic amines is 1. The van der Waals surface area contributed by atoms with Crippen molar-refractivity contribution >= 4 is 16.7 Å². The Morgan fingerprint density at radius 2 is 1.89 bits per heavy atom. The Hall–Kier alpha value is -2.69. The lowest BCUT2D eigenvalue weighted by Crippen LogP contribution is -1.90. The average Bonchev–Trinajstić information content (AvgIpc) is 2.80. The number of benzene rings is 2. The molecular weight excluding hydrogens is 242 g/mol. The van der Waals surface area contributed by atoms with Gasteiger partial charge in [-0.1, -0.05) is 12.1 Å². The Labute approximate surface area is 110 Å². The van der Waals surface area contributed by atoms with E-state index in [0.29, 0.717) is 23.2 Å². The molecule has 3 N–H and O–H groups in total. The van der Waals surface area contributed by atoms with Crippen molar-refractivity contribution in [2.75, 3.05) is 12.8 Å². The number of methoxy groups -OCH3 is 1. The van der Waals surface area contributed by atoms with Gasteiger partial charge in [-0.2, -0.15) is 4.98 Å². The van der Waals surface area contributed by atoms with Gasteiger partial charge in [0.2, 0.25) is 0 Å². The number of nitrogens with two attached hydrogens (primary N) is 1. The summed E-state index contributed by atoms with van der Waals surface area (Å²) in [5.74, 6) is 1.26. The Morgan fingerprint density at radius 3 is 2.68 bits per heavy atom. The van der Waals surface area contributed by atoms with Gasteiger partial charge in [0, 0.05) is 5.69 Å². The SMILES string of the molecule is COc1ccccc1Oc1nc2ccc(N)cc2[nH]1. The molecule has 5 heteroatoms. The van der Waals surface area contributed by atoms with Crippen LogP contribution in [-0.4, -0.2) is 17.1 Å². The molecule has 0 radical (unpaired) electrons. The van der Waals surface area contributed by atoms with Crippen molar-refractivity contribution in [3.8, 4) is 17.5 Å². The smallest absolute Gasteiger partial charge is 0.300 e. The van der Waals surface area contributed by atoms with Crippen molar-refractivity contribution in [3.05, 3.63) is 42.5 Å². The number of nitrogen functional groups attached to an aromatic ring is 1. The van der Waals surface area contributed by atoms with Crippen LogP contribution < -0.4 is 15.2 Å². The summed E-state index contributed by atoms with van der Waals surface area (Å²) in [7, 11) is 1.60. The van der Waals surface area contributed by atoms with E-state index >= 15 is 0 Å². The third-order valence-electron chi connectivity index (χ3n) is 2.76. The van der Waals surface area contributed by atoms with Crippen molar-refractivity contribution in [2.45, 2.75) is 0 Å². The zero-order valence-electron chi connectivity index (χ0n) is 10.4. The lowest BCUT2D eigenvalue weighted by molar-refractivity contribution is 0.370. The summed E-state index contributed by atoms with van der Waals surface area (Å²) in [6, 6.07) is 13.3. The fourth-order valence-electron chi connectivity index (χ4n) is 1.86. The lowest BCUT2D eigenvalue weighted by atomic mass is 10.3. The zero-order chi connectivity index (χ0) is 13.2. The Balaban J connectivity index is 1.96. The molecule has 0 aliphatic rings. The molecule has 0 saturated heterocycles. The van der Waals surface area contributed by atoms with Crippen LogP contribution in [0.25, 0.3) is 11.0 Å². The normalized spacial score (nSPS) is 10.6. The van der Waals surface area contributed by atoms with Crippen LogP contribution in [0.5, 0.6) is 17.5 Å². The van der Waals surface area contributed by atoms with Gasteiger partial charge in [0.05, 0.1) is 18.1 Å². The Morgan fingerprint density at radius 1 is 1.11 bits per heavy atom. The second-order valence-electron chi connectivity index (χ2n) is 4.07. The third-order valence-corrected chi connectivity index (χ3v) is 2.76. The number of para-hydroxylation sites is 2. The lowest BCUT2D eigenvalue weighted by Gasteiger charge is -2.06. The highest BCUT2D eigenvalue weighted by molar-refractivity contribution is 5.79. The average molecular weight is 255 g/mol. The molecule has 0 fully saturated rings. The molecule has 0 saturated carbocycles. The van der Waals surface area contributed by atoms with E-state index in [9.17, 15) is 0 Å². The van der Waals surface area contributed by atoms with Crippen molar-refractivity contribution < 1.29 is 9.47 Å². The molecule has 1 aromatic heterocycles. The predicted molar refractivity (Wildman–Crippen MR) is 73.6 cm³/mol. The van der Waals surface area contributed by atoms with Gasteiger partial charge in [0.15, 0.2) is 11.5 Å². The van der Waals surface area contributed by atoms with Crippen LogP contribution in [0.3, 0.4) is 0 Å². The minimum Gasteiger partial charge on any atom is -0.493 e. The Kier molecular flexibility index (Phi) is 2.72. The van der Waals surface area contributed by atoms with E-state index in [1.54, 1.807) is 13.2 Å². The first-order valence-corrected chi connectivity index (χ1v) is 5.82. The molecular formula is C14H13N3O2. The van der Waals surface area contributed by atoms with E-state index in [2.05, 4.69) is 9.97 Å². The number of H-pyrrole nitrogens is 1. The van der Waals surface area contributed by atoms with Gasteiger partial charge in [-0.15, -0.1) is 0 Å². The molecule has 0 unspecified atom stereocenters. The van der Waals surface area contributed by atoms with Crippen LogP contribution in [0.15, 0.2) is 42.5 Å². The molecule has 2 aromatic carbocycles. The quantitative estimate of drug-likeness (QED) is 0.706. The van der Waals surface area contributed by atoms with E-state index in [1.165, 1.54) is 0 Å². The molecule has 0 spiro atoms. The van der Waals surface area contributed by atoms with Gasteiger partial charge in [-0.3, -0.25) is 0 Å². The van der Waals surface area contributed by atoms with Crippen LogP contribution in [0.1, 0.15) is 0 Å². The summed E-state index contributed by atoms with van der Waals surface area (Å²) < 4.78 is 10.9. The number of ether oxygens (including phenoxy) is 2. The molecule has 3 rings (SSSR count). The number of fused-ring (bicyclic) bond motifs is 1. The number of aromatic nitrogens is 2. The first-order valence-electron chi connectivity index (χ1n) is 5.82. The number of hydrogen-bond acceptors (Lipinski definition) is 4. The maximum Gasteiger partial charge on any atom is 0.300 e. The number of nitrogens with one attached hydrogen (secondary N) is 1. The number of imidazole rings is 1. The van der Waals surface area contributed by atoms with Crippen LogP contribution >= 0.6 is 0 Å². The van der Waals surface area contributed by atoms with Crippen LogP contribution in [0.4, 0.5) is 5.69 Å². The summed E-state index contributed by atoms with van der Waals surface area (Å²) in [5.41, 5.74) is 8.05. The number of anilines is 1. The second kappa shape index (κ2) is 4.53. The molecule has 19 heavy (non-hydrogen) atoms. The fraction of sp³-hybridized carbons (Fsp3) is 0.0714. The monoisotopic (exact) mass is 255 g/mol. The zero-order valence-corrected chi connectivity index (χ0v) is 10.4. The van der Waals surface area contributed by atoms with Gasteiger partial charge in [0.1, 0.15) is 0 Å². The van der Waals surface area contributed by atoms with Crippen molar-refractivity contribution in [1.29, 1.82) is 0 Å². The van der Waals surface area contributed by atoms with Crippen molar-refractivity contribution in [3.63, 3.8) is 0 Å². The number of rotatable bonds is 3. The van der Waals surface area contributed by atoms with Crippen LogP contribution in [0.2, 0.25) is 0 Å². The second-order valence-corrected chi connectivity index (χ2v) is 4.07. The Bertz CT molecular complexity index is 722. The molecule has 0 aliphatic heterocycles. The standard InChI is InChI=1S/C14H13N3O2/c1-18-12-4-2-3-5-13(12)19-14-16-10-7-6-9(15)8-11(10)17-14/h2-8H,15H2,1H3,(H,16,17). The highest BCUT2D eigenvalue weighted by atomic mass is 16.5. The molecule has 3 aromatic rings. The molecule has 1 heterocycles. The first kappa shape index (κ1) is 11.4. The topological polar surface area (TPSA) is 73.2 Å². The molecule has 0 amide bonds. The van der Waals surface area contributed by atoms with E-state index in [-0.39, 0.29) is 0 Å². The van der Waals surface area contributed by atoms with Crippen LogP contribution in [0, 0.1) is 0 Å². The molecule has 0 aliphatic carbocycles. The number of nitrogens with zero attached hydrogens (tertiary/aromatic N) is 1. The molecule has 0 bridgehead atoms. The summed E-state index contributed by atoms with van der Waals surface area (Å²) in [6.45, 7) is 0. The maximum atomic E-state index is 5.72. The maximum absolute atomic E-state index is 5.72. The summed E-state index contributed by atoms with van der Waals surface area (Å²) in [5, 5.41) is 0. The molecule has 5 nitrogen and oxygen atoms in total. The van der Waals surface area contributed by atoms with Gasteiger partial charge in [0.25, 0.3) is 6.01 Å². The largest absolute Gasteiger partial charge is 0.493 e. The third kappa shape index (κ3) is 2.18. The highest BCUT2D eigenvalue weighted by Gasteiger charge is 2.08. The van der Waals surface area contributed by atoms with E-state index in [0.717, 1.165) is 11.0 Å². The summed E-state index contributed by atoms with van der Waals surface area (Å²) >= 11 is 0. The van der Waals surface area contributed by atoms with Crippen molar-refractivity contribution in [2.24, 2.45) is 0 Å². The summed E-state index contributed by atoms with van der Waals surface area (Å²) in [6.07, 6.45) is 0. The summed E-state index contributed by atoms with van der Waals surface area (Å²) in [4.78, 5) is 7.40. The minimum atomic E-state index is 0.408. The van der Waals surface area contributed by atoms with E-state index in [1.807, 2.05) is 36.4 Å². The fourth-order valence-corrected chi connectivity index (χ4v) is 1.86. The molecule has 96 valence electrons. The van der Waals surface area contributed by atoms with Gasteiger partial charge < -0.3 is 20.2 Å².